The third-order valence-electron chi connectivity index (χ3n) is 2.15. The molecule has 0 aliphatic rings. The van der Waals surface area contributed by atoms with Gasteiger partial charge < -0.3 is 0 Å². The molecule has 1 heterocycles. The highest BCUT2D eigenvalue weighted by atomic mass is 32.1. The highest BCUT2D eigenvalue weighted by Gasteiger charge is 2.04. The van der Waals surface area contributed by atoms with E-state index in [0.29, 0.717) is 5.69 Å². The lowest BCUT2D eigenvalue weighted by Gasteiger charge is -1.94. The molecule has 0 aliphatic heterocycles. The van der Waals surface area contributed by atoms with Crippen molar-refractivity contribution in [2.45, 2.75) is 0 Å². The van der Waals surface area contributed by atoms with Crippen LogP contribution in [0.4, 0.5) is 4.39 Å². The summed E-state index contributed by atoms with van der Waals surface area (Å²) in [6.45, 7) is 0. The van der Waals surface area contributed by atoms with E-state index in [1.54, 1.807) is 29.7 Å². The van der Waals surface area contributed by atoms with Gasteiger partial charge in [-0.2, -0.15) is 10.5 Å². The van der Waals surface area contributed by atoms with Gasteiger partial charge in [-0.25, -0.2) is 9.37 Å². The maximum absolute atomic E-state index is 12.8. The number of nitriles is 2. The van der Waals surface area contributed by atoms with E-state index in [1.165, 1.54) is 29.5 Å². The Morgan fingerprint density at radius 1 is 1.22 bits per heavy atom. The summed E-state index contributed by atoms with van der Waals surface area (Å²) < 4.78 is 12.8. The fourth-order valence-electron chi connectivity index (χ4n) is 1.31. The Kier molecular flexibility index (Phi) is 3.47. The smallest absolute Gasteiger partial charge is 0.131 e. The quantitative estimate of drug-likeness (QED) is 0.773. The van der Waals surface area contributed by atoms with E-state index in [2.05, 4.69) is 4.98 Å². The Morgan fingerprint density at radius 2 is 1.89 bits per heavy atom. The maximum atomic E-state index is 12.8. The van der Waals surface area contributed by atoms with Crippen molar-refractivity contribution >= 4 is 17.4 Å². The number of halogens is 1. The molecule has 0 atom stereocenters. The number of nitrogens with zero attached hydrogens (tertiary/aromatic N) is 3. The van der Waals surface area contributed by atoms with Crippen LogP contribution in [0, 0.1) is 28.5 Å². The normalized spacial score (nSPS) is 9.28. The van der Waals surface area contributed by atoms with Crippen molar-refractivity contribution in [2.24, 2.45) is 0 Å². The molecule has 0 amide bonds. The van der Waals surface area contributed by atoms with Crippen LogP contribution in [0.3, 0.4) is 0 Å². The molecule has 18 heavy (non-hydrogen) atoms. The lowest BCUT2D eigenvalue weighted by atomic mass is 10.2. The van der Waals surface area contributed by atoms with Gasteiger partial charge in [0, 0.05) is 10.9 Å². The van der Waals surface area contributed by atoms with E-state index in [-0.39, 0.29) is 11.4 Å². The van der Waals surface area contributed by atoms with Gasteiger partial charge in [-0.15, -0.1) is 11.3 Å². The minimum absolute atomic E-state index is 0.00551. The zero-order valence-corrected chi connectivity index (χ0v) is 9.91. The minimum atomic E-state index is -0.299. The molecule has 3 nitrogen and oxygen atoms in total. The highest BCUT2D eigenvalue weighted by molar-refractivity contribution is 7.13. The molecule has 2 aromatic rings. The summed E-state index contributed by atoms with van der Waals surface area (Å²) in [4.78, 5) is 4.26. The predicted molar refractivity (Wildman–Crippen MR) is 66.7 cm³/mol. The molecule has 0 bridgehead atoms. The van der Waals surface area contributed by atoms with E-state index >= 15 is 0 Å². The molecule has 0 radical (unpaired) electrons. The first-order valence-corrected chi connectivity index (χ1v) is 5.84. The fraction of sp³-hybridized carbons (Fsp3) is 0. The Hall–Kier alpha value is -2.50. The summed E-state index contributed by atoms with van der Waals surface area (Å²) in [6.07, 6.45) is 1.42. The molecule has 5 heteroatoms. The number of hydrogen-bond acceptors (Lipinski definition) is 4. The number of rotatable bonds is 2. The van der Waals surface area contributed by atoms with Crippen LogP contribution in [0.2, 0.25) is 0 Å². The van der Waals surface area contributed by atoms with E-state index in [4.69, 9.17) is 10.5 Å². The van der Waals surface area contributed by atoms with Gasteiger partial charge in [-0.3, -0.25) is 0 Å². The molecule has 0 saturated heterocycles. The number of thiazole rings is 1. The maximum Gasteiger partial charge on any atom is 0.131 e. The minimum Gasteiger partial charge on any atom is -0.237 e. The molecular weight excluding hydrogens is 249 g/mol. The second-order valence-corrected chi connectivity index (χ2v) is 4.22. The molecule has 1 aromatic carbocycles. The fourth-order valence-corrected chi connectivity index (χ4v) is 2.10. The van der Waals surface area contributed by atoms with Gasteiger partial charge in [0.25, 0.3) is 0 Å². The molecule has 0 aliphatic carbocycles. The summed E-state index contributed by atoms with van der Waals surface area (Å²) >= 11 is 1.37. The Morgan fingerprint density at radius 3 is 2.50 bits per heavy atom. The summed E-state index contributed by atoms with van der Waals surface area (Å²) in [5, 5.41) is 19.7. The molecule has 0 fully saturated rings. The van der Waals surface area contributed by atoms with Crippen LogP contribution in [0.25, 0.3) is 16.6 Å². The first kappa shape index (κ1) is 12.0. The van der Waals surface area contributed by atoms with Crippen LogP contribution in [-0.2, 0) is 0 Å². The van der Waals surface area contributed by atoms with E-state index < -0.39 is 0 Å². The number of benzene rings is 1. The summed E-state index contributed by atoms with van der Waals surface area (Å²) in [5.41, 5.74) is 1.36. The van der Waals surface area contributed by atoms with Crippen molar-refractivity contribution in [1.82, 2.24) is 4.98 Å². The van der Waals surface area contributed by atoms with Gasteiger partial charge in [0.05, 0.1) is 5.69 Å². The van der Waals surface area contributed by atoms with Gasteiger partial charge in [-0.1, -0.05) is 0 Å². The van der Waals surface area contributed by atoms with Crippen molar-refractivity contribution in [3.05, 3.63) is 46.7 Å². The standard InChI is InChI=1S/C13H6FN3S/c14-11-3-1-10(2-4-11)13-17-12(8-18-13)5-9(6-15)7-16/h1-5,8H. The average Bonchev–Trinajstić information content (AvgIpc) is 2.85. The molecular formula is C13H6FN3S. The zero-order chi connectivity index (χ0) is 13.0. The molecule has 0 unspecified atom stereocenters. The molecule has 2 rings (SSSR count). The Balaban J connectivity index is 2.32. The van der Waals surface area contributed by atoms with Gasteiger partial charge in [0.2, 0.25) is 0 Å². The van der Waals surface area contributed by atoms with Crippen molar-refractivity contribution in [2.75, 3.05) is 0 Å². The third-order valence-corrected chi connectivity index (χ3v) is 3.06. The van der Waals surface area contributed by atoms with Crippen molar-refractivity contribution in [1.29, 1.82) is 10.5 Å². The van der Waals surface area contributed by atoms with Crippen LogP contribution >= 0.6 is 11.3 Å². The monoisotopic (exact) mass is 255 g/mol. The summed E-state index contributed by atoms with van der Waals surface area (Å²) in [5.74, 6) is -0.299. The first-order chi connectivity index (χ1) is 8.72. The van der Waals surface area contributed by atoms with Gasteiger partial charge in [-0.05, 0) is 30.3 Å². The third kappa shape index (κ3) is 2.60. The van der Waals surface area contributed by atoms with Gasteiger partial charge in [0.15, 0.2) is 0 Å². The van der Waals surface area contributed by atoms with Crippen LogP contribution in [0.5, 0.6) is 0 Å². The number of aromatic nitrogens is 1. The summed E-state index contributed by atoms with van der Waals surface area (Å²) in [6, 6.07) is 9.54. The van der Waals surface area contributed by atoms with Gasteiger partial charge in [0.1, 0.15) is 28.5 Å². The van der Waals surface area contributed by atoms with Crippen LogP contribution in [0.15, 0.2) is 35.2 Å². The van der Waals surface area contributed by atoms with E-state index in [0.717, 1.165) is 10.6 Å². The Labute approximate surface area is 107 Å². The average molecular weight is 255 g/mol. The van der Waals surface area contributed by atoms with Crippen molar-refractivity contribution in [3.8, 4) is 22.7 Å². The van der Waals surface area contributed by atoms with Crippen LogP contribution in [-0.4, -0.2) is 4.98 Å². The van der Waals surface area contributed by atoms with Crippen LogP contribution < -0.4 is 0 Å². The molecule has 1 aromatic heterocycles. The lowest BCUT2D eigenvalue weighted by Crippen LogP contribution is -1.79. The van der Waals surface area contributed by atoms with Crippen molar-refractivity contribution in [3.63, 3.8) is 0 Å². The number of hydrogen-bond donors (Lipinski definition) is 0. The predicted octanol–water partition coefficient (Wildman–Crippen LogP) is 3.38. The molecule has 0 spiro atoms. The summed E-state index contributed by atoms with van der Waals surface area (Å²) in [7, 11) is 0. The van der Waals surface area contributed by atoms with Gasteiger partial charge >= 0.3 is 0 Å². The largest absolute Gasteiger partial charge is 0.237 e. The van der Waals surface area contributed by atoms with E-state index in [1.807, 2.05) is 0 Å². The second-order valence-electron chi connectivity index (χ2n) is 3.37. The SMILES string of the molecule is N#CC(C#N)=Cc1csc(-c2ccc(F)cc2)n1. The van der Waals surface area contributed by atoms with Crippen LogP contribution in [0.1, 0.15) is 5.69 Å². The molecule has 86 valence electrons. The van der Waals surface area contributed by atoms with Crippen molar-refractivity contribution < 1.29 is 4.39 Å². The highest BCUT2D eigenvalue weighted by Crippen LogP contribution is 2.24. The Bertz CT molecular complexity index is 655. The molecule has 0 N–H and O–H groups in total. The zero-order valence-electron chi connectivity index (χ0n) is 9.09. The lowest BCUT2D eigenvalue weighted by molar-refractivity contribution is 0.628. The second kappa shape index (κ2) is 5.22. The first-order valence-electron chi connectivity index (χ1n) is 4.96. The number of allylic oxidation sites excluding steroid dienone is 1. The topological polar surface area (TPSA) is 60.5 Å². The molecule has 0 saturated carbocycles. The van der Waals surface area contributed by atoms with E-state index in [9.17, 15) is 4.39 Å².